The molecule has 0 radical (unpaired) electrons. The average molecular weight is 333 g/mol. The lowest BCUT2D eigenvalue weighted by atomic mass is 10.1. The largest absolute Gasteiger partial charge is 0.417 e. The number of hydrogen-bond donors (Lipinski definition) is 1. The molecule has 1 atom stereocenters. The second kappa shape index (κ2) is 5.87. The van der Waals surface area contributed by atoms with Gasteiger partial charge in [-0.05, 0) is 25.1 Å². The van der Waals surface area contributed by atoms with E-state index in [2.05, 4.69) is 5.32 Å². The van der Waals surface area contributed by atoms with Crippen LogP contribution in [0.5, 0.6) is 0 Å². The highest BCUT2D eigenvalue weighted by Gasteiger charge is 2.36. The van der Waals surface area contributed by atoms with Crippen LogP contribution in [0, 0.1) is 11.3 Å². The zero-order chi connectivity index (χ0) is 16.5. The molecular formula is C13H14F3N3O2S. The molecule has 1 heterocycles. The van der Waals surface area contributed by atoms with Gasteiger partial charge in [-0.3, -0.25) is 0 Å². The highest BCUT2D eigenvalue weighted by atomic mass is 32.2. The quantitative estimate of drug-likeness (QED) is 0.891. The maximum absolute atomic E-state index is 12.8. The first-order chi connectivity index (χ1) is 10.2. The van der Waals surface area contributed by atoms with Crippen LogP contribution in [0.25, 0.3) is 0 Å². The lowest BCUT2D eigenvalue weighted by molar-refractivity contribution is -0.137. The summed E-state index contributed by atoms with van der Waals surface area (Å²) < 4.78 is 64.6. The van der Waals surface area contributed by atoms with Gasteiger partial charge in [0.25, 0.3) is 0 Å². The lowest BCUT2D eigenvalue weighted by Gasteiger charge is -2.32. The third-order valence-corrected chi connectivity index (χ3v) is 5.47. The normalized spacial score (nSPS) is 20.6. The Morgan fingerprint density at radius 3 is 2.64 bits per heavy atom. The van der Waals surface area contributed by atoms with Gasteiger partial charge in [0.1, 0.15) is 0 Å². The zero-order valence-electron chi connectivity index (χ0n) is 11.7. The van der Waals surface area contributed by atoms with Crippen LogP contribution in [0.15, 0.2) is 23.1 Å². The molecular weight excluding hydrogens is 319 g/mol. The molecule has 2 rings (SSSR count). The summed E-state index contributed by atoms with van der Waals surface area (Å²) in [6.45, 7) is 2.87. The summed E-state index contributed by atoms with van der Waals surface area (Å²) in [5, 5.41) is 11.9. The molecule has 0 aliphatic carbocycles. The van der Waals surface area contributed by atoms with Crippen LogP contribution in [0.3, 0.4) is 0 Å². The van der Waals surface area contributed by atoms with E-state index in [-0.39, 0.29) is 17.5 Å². The summed E-state index contributed by atoms with van der Waals surface area (Å²) in [7, 11) is -3.93. The van der Waals surface area contributed by atoms with Gasteiger partial charge >= 0.3 is 6.18 Å². The monoisotopic (exact) mass is 333 g/mol. The van der Waals surface area contributed by atoms with Gasteiger partial charge in [-0.15, -0.1) is 0 Å². The van der Waals surface area contributed by atoms with E-state index in [1.165, 1.54) is 10.4 Å². The molecule has 0 spiro atoms. The van der Waals surface area contributed by atoms with Gasteiger partial charge in [-0.1, -0.05) is 0 Å². The molecule has 0 amide bonds. The molecule has 0 unspecified atom stereocenters. The number of nitriles is 1. The molecule has 1 aliphatic rings. The van der Waals surface area contributed by atoms with Gasteiger partial charge in [0, 0.05) is 25.7 Å². The van der Waals surface area contributed by atoms with Gasteiger partial charge in [0.2, 0.25) is 10.0 Å². The zero-order valence-corrected chi connectivity index (χ0v) is 12.5. The van der Waals surface area contributed by atoms with Crippen molar-refractivity contribution in [1.29, 1.82) is 5.26 Å². The summed E-state index contributed by atoms with van der Waals surface area (Å²) in [5.41, 5.74) is -1.83. The molecule has 22 heavy (non-hydrogen) atoms. The first-order valence-corrected chi connectivity index (χ1v) is 7.96. The maximum Gasteiger partial charge on any atom is 0.417 e. The van der Waals surface area contributed by atoms with Crippen molar-refractivity contribution in [1.82, 2.24) is 9.62 Å². The van der Waals surface area contributed by atoms with Crippen LogP contribution in [-0.2, 0) is 16.2 Å². The lowest BCUT2D eigenvalue weighted by Crippen LogP contribution is -2.52. The highest BCUT2D eigenvalue weighted by Crippen LogP contribution is 2.33. The van der Waals surface area contributed by atoms with E-state index in [1.807, 2.05) is 0 Å². The van der Waals surface area contributed by atoms with Crippen molar-refractivity contribution in [2.24, 2.45) is 0 Å². The van der Waals surface area contributed by atoms with Crippen LogP contribution < -0.4 is 5.32 Å². The topological polar surface area (TPSA) is 73.2 Å². The van der Waals surface area contributed by atoms with Crippen molar-refractivity contribution in [3.63, 3.8) is 0 Å². The van der Waals surface area contributed by atoms with Crippen molar-refractivity contribution >= 4 is 10.0 Å². The minimum absolute atomic E-state index is 0.229. The fraction of sp³-hybridized carbons (Fsp3) is 0.462. The Labute approximate surface area is 126 Å². The molecule has 1 aromatic carbocycles. The molecule has 0 aromatic heterocycles. The van der Waals surface area contributed by atoms with Gasteiger partial charge in [-0.2, -0.15) is 22.7 Å². The number of rotatable bonds is 2. The second-order valence-corrected chi connectivity index (χ2v) is 6.88. The number of piperazine rings is 1. The van der Waals surface area contributed by atoms with E-state index in [9.17, 15) is 21.6 Å². The number of benzene rings is 1. The molecule has 1 fully saturated rings. The molecule has 0 saturated carbocycles. The van der Waals surface area contributed by atoms with Gasteiger partial charge in [0.15, 0.2) is 0 Å². The standard InChI is InChI=1S/C13H14F3N3O2S/c1-9-8-18-4-5-19(9)22(20,21)11-2-3-12(13(14,15)16)10(6-11)7-17/h2-3,6,9,18H,4-5,8H2,1H3/t9-/m1/s1. The Bertz CT molecular complexity index is 710. The van der Waals surface area contributed by atoms with E-state index >= 15 is 0 Å². The predicted octanol–water partition coefficient (Wildman–Crippen LogP) is 1.56. The average Bonchev–Trinajstić information content (AvgIpc) is 2.45. The van der Waals surface area contributed by atoms with Crippen molar-refractivity contribution in [2.45, 2.75) is 24.0 Å². The summed E-state index contributed by atoms with van der Waals surface area (Å²) in [4.78, 5) is -0.300. The first kappa shape index (κ1) is 16.7. The van der Waals surface area contributed by atoms with Crippen molar-refractivity contribution in [2.75, 3.05) is 19.6 Å². The van der Waals surface area contributed by atoms with E-state index in [0.717, 1.165) is 12.1 Å². The Hall–Kier alpha value is -1.63. The van der Waals surface area contributed by atoms with Crippen molar-refractivity contribution in [3.05, 3.63) is 29.3 Å². The molecule has 1 aromatic rings. The van der Waals surface area contributed by atoms with E-state index in [0.29, 0.717) is 19.2 Å². The van der Waals surface area contributed by atoms with Crippen LogP contribution in [0.1, 0.15) is 18.1 Å². The van der Waals surface area contributed by atoms with Crippen LogP contribution in [-0.4, -0.2) is 38.4 Å². The molecule has 9 heteroatoms. The minimum atomic E-state index is -4.70. The SMILES string of the molecule is C[C@@H]1CNCCN1S(=O)(=O)c1ccc(C(F)(F)F)c(C#N)c1. The molecule has 1 N–H and O–H groups in total. The van der Waals surface area contributed by atoms with Crippen molar-refractivity contribution in [3.8, 4) is 6.07 Å². The Morgan fingerprint density at radius 2 is 2.09 bits per heavy atom. The molecule has 0 bridgehead atoms. The smallest absolute Gasteiger partial charge is 0.314 e. The van der Waals surface area contributed by atoms with Crippen LogP contribution in [0.4, 0.5) is 13.2 Å². The summed E-state index contributed by atoms with van der Waals surface area (Å²) in [6, 6.07) is 3.42. The Balaban J connectivity index is 2.47. The maximum atomic E-state index is 12.8. The van der Waals surface area contributed by atoms with Crippen LogP contribution >= 0.6 is 0 Å². The van der Waals surface area contributed by atoms with E-state index < -0.39 is 27.3 Å². The number of halogens is 3. The number of nitrogens with one attached hydrogen (secondary N) is 1. The van der Waals surface area contributed by atoms with E-state index in [4.69, 9.17) is 5.26 Å². The van der Waals surface area contributed by atoms with Gasteiger partial charge in [-0.25, -0.2) is 8.42 Å². The number of alkyl halides is 3. The fourth-order valence-corrected chi connectivity index (χ4v) is 4.00. The minimum Gasteiger partial charge on any atom is -0.314 e. The third-order valence-electron chi connectivity index (χ3n) is 3.46. The number of hydrogen-bond acceptors (Lipinski definition) is 4. The Kier molecular flexibility index (Phi) is 4.47. The molecule has 120 valence electrons. The fourth-order valence-electron chi connectivity index (χ4n) is 2.34. The van der Waals surface area contributed by atoms with Crippen molar-refractivity contribution < 1.29 is 21.6 Å². The highest BCUT2D eigenvalue weighted by molar-refractivity contribution is 7.89. The number of sulfonamides is 1. The summed E-state index contributed by atoms with van der Waals surface area (Å²) >= 11 is 0. The molecule has 1 saturated heterocycles. The molecule has 1 aliphatic heterocycles. The molecule has 5 nitrogen and oxygen atoms in total. The summed E-state index contributed by atoms with van der Waals surface area (Å²) in [6.07, 6.45) is -4.70. The third kappa shape index (κ3) is 3.09. The van der Waals surface area contributed by atoms with E-state index in [1.54, 1.807) is 6.92 Å². The summed E-state index contributed by atoms with van der Waals surface area (Å²) in [5.74, 6) is 0. The van der Waals surface area contributed by atoms with Gasteiger partial charge < -0.3 is 5.32 Å². The number of nitrogens with zero attached hydrogens (tertiary/aromatic N) is 2. The first-order valence-electron chi connectivity index (χ1n) is 6.52. The Morgan fingerprint density at radius 1 is 1.41 bits per heavy atom. The second-order valence-electron chi connectivity index (χ2n) is 4.99. The predicted molar refractivity (Wildman–Crippen MR) is 72.4 cm³/mol. The van der Waals surface area contributed by atoms with Gasteiger partial charge in [0.05, 0.1) is 22.1 Å². The van der Waals surface area contributed by atoms with Crippen LogP contribution in [0.2, 0.25) is 0 Å².